The third-order valence-electron chi connectivity index (χ3n) is 5.74. The van der Waals surface area contributed by atoms with Gasteiger partial charge in [0, 0.05) is 21.3 Å². The van der Waals surface area contributed by atoms with Crippen LogP contribution in [-0.4, -0.2) is 17.4 Å². The number of carbonyl (C=O) groups is 2. The van der Waals surface area contributed by atoms with Crippen molar-refractivity contribution in [2.75, 3.05) is 5.32 Å². The molecule has 6 heteroatoms. The van der Waals surface area contributed by atoms with E-state index in [1.165, 1.54) is 19.3 Å². The molecule has 0 aliphatic heterocycles. The molecule has 0 heterocycles. The molecular weight excluding hydrogens is 347 g/mol. The molecule has 0 spiro atoms. The van der Waals surface area contributed by atoms with E-state index >= 15 is 0 Å². The van der Waals surface area contributed by atoms with Crippen molar-refractivity contribution in [3.05, 3.63) is 28.2 Å². The molecular formula is C18H20Cl2N2O2. The highest BCUT2D eigenvalue weighted by atomic mass is 35.5. The molecule has 2 N–H and O–H groups in total. The fourth-order valence-corrected chi connectivity index (χ4v) is 5.90. The molecule has 1 aromatic rings. The zero-order valence-corrected chi connectivity index (χ0v) is 14.8. The summed E-state index contributed by atoms with van der Waals surface area (Å²) in [4.78, 5) is 24.7. The number of amides is 2. The molecule has 4 aliphatic carbocycles. The number of rotatable bonds is 2. The minimum atomic E-state index is -0.663. The van der Waals surface area contributed by atoms with Crippen LogP contribution in [0, 0.1) is 17.8 Å². The molecule has 4 fully saturated rings. The lowest BCUT2D eigenvalue weighted by Gasteiger charge is -2.56. The van der Waals surface area contributed by atoms with Crippen LogP contribution in [0.2, 0.25) is 10.0 Å². The maximum Gasteiger partial charge on any atom is 0.313 e. The van der Waals surface area contributed by atoms with Gasteiger partial charge >= 0.3 is 11.8 Å². The van der Waals surface area contributed by atoms with Crippen molar-refractivity contribution in [2.45, 2.75) is 44.1 Å². The van der Waals surface area contributed by atoms with Gasteiger partial charge in [0.25, 0.3) is 0 Å². The first-order valence-electron chi connectivity index (χ1n) is 8.50. The monoisotopic (exact) mass is 366 g/mol. The highest BCUT2D eigenvalue weighted by Gasteiger charge is 2.51. The molecule has 0 saturated heterocycles. The van der Waals surface area contributed by atoms with Crippen molar-refractivity contribution in [1.29, 1.82) is 0 Å². The van der Waals surface area contributed by atoms with Gasteiger partial charge in [-0.05, 0) is 74.5 Å². The van der Waals surface area contributed by atoms with Crippen LogP contribution < -0.4 is 10.6 Å². The number of anilines is 1. The van der Waals surface area contributed by atoms with Crippen LogP contribution in [0.5, 0.6) is 0 Å². The second-order valence-electron chi connectivity index (χ2n) is 7.76. The van der Waals surface area contributed by atoms with Gasteiger partial charge in [0.1, 0.15) is 0 Å². The predicted octanol–water partition coefficient (Wildman–Crippen LogP) is 4.02. The Hall–Kier alpha value is -1.26. The molecule has 0 aromatic heterocycles. The first-order chi connectivity index (χ1) is 11.4. The Morgan fingerprint density at radius 3 is 1.88 bits per heavy atom. The van der Waals surface area contributed by atoms with Gasteiger partial charge < -0.3 is 10.6 Å². The van der Waals surface area contributed by atoms with E-state index in [1.807, 2.05) is 0 Å². The zero-order chi connectivity index (χ0) is 16.9. The van der Waals surface area contributed by atoms with E-state index in [9.17, 15) is 9.59 Å². The summed E-state index contributed by atoms with van der Waals surface area (Å²) in [5.41, 5.74) is 0.257. The fraction of sp³-hybridized carbons (Fsp3) is 0.556. The SMILES string of the molecule is O=C(Nc1cc(Cl)cc(Cl)c1)C(=O)NC12CC3CC(CC(C3)C1)C2. The van der Waals surface area contributed by atoms with Crippen molar-refractivity contribution < 1.29 is 9.59 Å². The van der Waals surface area contributed by atoms with Crippen LogP contribution in [0.1, 0.15) is 38.5 Å². The standard InChI is InChI=1S/C18H20Cl2N2O2/c19-13-4-14(20)6-15(5-13)21-16(23)17(24)22-18-7-10-1-11(8-18)3-12(2-10)9-18/h4-6,10-12H,1-3,7-9H2,(H,21,23)(H,22,24). The molecule has 0 unspecified atom stereocenters. The zero-order valence-electron chi connectivity index (χ0n) is 13.3. The summed E-state index contributed by atoms with van der Waals surface area (Å²) in [6.07, 6.45) is 6.93. The lowest BCUT2D eigenvalue weighted by atomic mass is 9.53. The number of hydrogen-bond donors (Lipinski definition) is 2. The third-order valence-corrected chi connectivity index (χ3v) is 6.18. The summed E-state index contributed by atoms with van der Waals surface area (Å²) in [7, 11) is 0. The number of benzene rings is 1. The van der Waals surface area contributed by atoms with E-state index in [4.69, 9.17) is 23.2 Å². The molecule has 5 rings (SSSR count). The molecule has 24 heavy (non-hydrogen) atoms. The van der Waals surface area contributed by atoms with Crippen molar-refractivity contribution in [2.24, 2.45) is 17.8 Å². The van der Waals surface area contributed by atoms with Crippen LogP contribution in [0.15, 0.2) is 18.2 Å². The highest BCUT2D eigenvalue weighted by molar-refractivity contribution is 6.40. The van der Waals surface area contributed by atoms with Crippen LogP contribution in [-0.2, 0) is 9.59 Å². The average molecular weight is 367 g/mol. The molecule has 0 radical (unpaired) electrons. The number of nitrogens with one attached hydrogen (secondary N) is 2. The largest absolute Gasteiger partial charge is 0.342 e. The van der Waals surface area contributed by atoms with Crippen molar-refractivity contribution in [3.8, 4) is 0 Å². The first-order valence-corrected chi connectivity index (χ1v) is 9.26. The number of hydrogen-bond acceptors (Lipinski definition) is 2. The van der Waals surface area contributed by atoms with Gasteiger partial charge in [0.15, 0.2) is 0 Å². The van der Waals surface area contributed by atoms with Gasteiger partial charge in [-0.1, -0.05) is 23.2 Å². The molecule has 2 amide bonds. The fourth-order valence-electron chi connectivity index (χ4n) is 5.38. The molecule has 0 atom stereocenters. The minimum absolute atomic E-state index is 0.171. The van der Waals surface area contributed by atoms with Crippen LogP contribution >= 0.6 is 23.2 Å². The van der Waals surface area contributed by atoms with E-state index in [0.29, 0.717) is 33.5 Å². The van der Waals surface area contributed by atoms with Crippen molar-refractivity contribution >= 4 is 40.7 Å². The van der Waals surface area contributed by atoms with Gasteiger partial charge in [-0.25, -0.2) is 0 Å². The van der Waals surface area contributed by atoms with E-state index in [0.717, 1.165) is 19.3 Å². The maximum atomic E-state index is 12.4. The van der Waals surface area contributed by atoms with E-state index < -0.39 is 11.8 Å². The highest BCUT2D eigenvalue weighted by Crippen LogP contribution is 2.55. The Balaban J connectivity index is 1.43. The summed E-state index contributed by atoms with van der Waals surface area (Å²) < 4.78 is 0. The van der Waals surface area contributed by atoms with E-state index in [2.05, 4.69) is 10.6 Å². The summed E-state index contributed by atoms with van der Waals surface area (Å²) in [5.74, 6) is 0.918. The summed E-state index contributed by atoms with van der Waals surface area (Å²) in [5, 5.41) is 6.47. The molecule has 4 aliphatic rings. The van der Waals surface area contributed by atoms with Gasteiger partial charge in [-0.3, -0.25) is 9.59 Å². The lowest BCUT2D eigenvalue weighted by Crippen LogP contribution is -2.61. The van der Waals surface area contributed by atoms with E-state index in [1.54, 1.807) is 18.2 Å². The molecule has 4 nitrogen and oxygen atoms in total. The van der Waals surface area contributed by atoms with Crippen LogP contribution in [0.25, 0.3) is 0 Å². The smallest absolute Gasteiger partial charge is 0.313 e. The van der Waals surface area contributed by atoms with Gasteiger partial charge in [-0.2, -0.15) is 0 Å². The summed E-state index contributed by atoms with van der Waals surface area (Å²) in [6, 6.07) is 4.72. The van der Waals surface area contributed by atoms with Crippen LogP contribution in [0.4, 0.5) is 5.69 Å². The van der Waals surface area contributed by atoms with Gasteiger partial charge in [-0.15, -0.1) is 0 Å². The Bertz CT molecular complexity index is 649. The summed E-state index contributed by atoms with van der Waals surface area (Å²) in [6.45, 7) is 0. The van der Waals surface area contributed by atoms with Crippen molar-refractivity contribution in [1.82, 2.24) is 5.32 Å². The number of carbonyl (C=O) groups excluding carboxylic acids is 2. The van der Waals surface area contributed by atoms with Gasteiger partial charge in [0.2, 0.25) is 0 Å². The first kappa shape index (κ1) is 16.2. The molecule has 1 aromatic carbocycles. The average Bonchev–Trinajstić information content (AvgIpc) is 2.43. The Morgan fingerprint density at radius 1 is 0.875 bits per heavy atom. The van der Waals surface area contributed by atoms with E-state index in [-0.39, 0.29) is 5.54 Å². The Kier molecular flexibility index (Phi) is 4.00. The van der Waals surface area contributed by atoms with Crippen molar-refractivity contribution in [3.63, 3.8) is 0 Å². The quantitative estimate of drug-likeness (QED) is 0.776. The minimum Gasteiger partial charge on any atom is -0.342 e. The molecule has 128 valence electrons. The Labute approximate surface area is 151 Å². The number of halogens is 2. The van der Waals surface area contributed by atoms with Crippen LogP contribution in [0.3, 0.4) is 0 Å². The normalized spacial score (nSPS) is 33.3. The maximum absolute atomic E-state index is 12.4. The lowest BCUT2D eigenvalue weighted by molar-refractivity contribution is -0.139. The molecule has 4 saturated carbocycles. The predicted molar refractivity (Wildman–Crippen MR) is 94.1 cm³/mol. The molecule has 4 bridgehead atoms. The van der Waals surface area contributed by atoms with Gasteiger partial charge in [0.05, 0.1) is 0 Å². The summed E-state index contributed by atoms with van der Waals surface area (Å²) >= 11 is 11.8. The third kappa shape index (κ3) is 3.14. The second kappa shape index (κ2) is 5.92. The Morgan fingerprint density at radius 2 is 1.38 bits per heavy atom. The second-order valence-corrected chi connectivity index (χ2v) is 8.64. The topological polar surface area (TPSA) is 58.2 Å².